The number of Topliss-reactive ketones (excluding diaryl/α,β-unsaturated/α-hetero) is 1. The van der Waals surface area contributed by atoms with Crippen molar-refractivity contribution in [1.82, 2.24) is 10.3 Å². The summed E-state index contributed by atoms with van der Waals surface area (Å²) in [5, 5.41) is 3.84. The molecule has 2 N–H and O–H groups in total. The highest BCUT2D eigenvalue weighted by Gasteiger charge is 2.25. The van der Waals surface area contributed by atoms with Crippen molar-refractivity contribution >= 4 is 16.7 Å². The lowest BCUT2D eigenvalue weighted by atomic mass is 10.0. The fourth-order valence-electron chi connectivity index (χ4n) is 2.39. The van der Waals surface area contributed by atoms with Gasteiger partial charge in [0.1, 0.15) is 5.82 Å². The van der Waals surface area contributed by atoms with Gasteiger partial charge in [-0.2, -0.15) is 0 Å². The van der Waals surface area contributed by atoms with Crippen molar-refractivity contribution in [3.05, 3.63) is 35.8 Å². The largest absolute Gasteiger partial charge is 0.360 e. The molecule has 1 atom stereocenters. The van der Waals surface area contributed by atoms with Crippen molar-refractivity contribution < 1.29 is 9.18 Å². The van der Waals surface area contributed by atoms with Crippen LogP contribution >= 0.6 is 0 Å². The van der Waals surface area contributed by atoms with Gasteiger partial charge in [0.15, 0.2) is 5.78 Å². The van der Waals surface area contributed by atoms with Crippen LogP contribution in [0.2, 0.25) is 0 Å². The maximum absolute atomic E-state index is 13.2. The Balaban J connectivity index is 2.04. The average Bonchev–Trinajstić information content (AvgIpc) is 2.97. The summed E-state index contributed by atoms with van der Waals surface area (Å²) in [6.07, 6.45) is 3.56. The SMILES string of the molecule is O=C(c1c[nH]c2ccc(F)cc12)C1CCCN1. The molecule has 1 aromatic carbocycles. The van der Waals surface area contributed by atoms with Crippen molar-refractivity contribution in [1.29, 1.82) is 0 Å². The lowest BCUT2D eigenvalue weighted by Crippen LogP contribution is -2.30. The molecule has 1 aliphatic heterocycles. The van der Waals surface area contributed by atoms with E-state index in [1.165, 1.54) is 12.1 Å². The molecule has 3 nitrogen and oxygen atoms in total. The molecule has 0 saturated carbocycles. The summed E-state index contributed by atoms with van der Waals surface area (Å²) in [5.41, 5.74) is 1.38. The van der Waals surface area contributed by atoms with E-state index in [2.05, 4.69) is 10.3 Å². The molecule has 0 aliphatic carbocycles. The standard InChI is InChI=1S/C13H13FN2O/c14-8-3-4-11-9(6-8)10(7-16-11)13(17)12-2-1-5-15-12/h3-4,6-7,12,15-16H,1-2,5H2. The first kappa shape index (κ1) is 10.5. The first-order valence-electron chi connectivity index (χ1n) is 5.80. The Morgan fingerprint density at radius 1 is 1.41 bits per heavy atom. The third-order valence-corrected chi connectivity index (χ3v) is 3.29. The molecule has 0 amide bonds. The Labute approximate surface area is 98.0 Å². The molecule has 0 bridgehead atoms. The van der Waals surface area contributed by atoms with Crippen LogP contribution in [0.15, 0.2) is 24.4 Å². The van der Waals surface area contributed by atoms with E-state index in [1.807, 2.05) is 0 Å². The van der Waals surface area contributed by atoms with Gasteiger partial charge in [0.25, 0.3) is 0 Å². The van der Waals surface area contributed by atoms with Gasteiger partial charge in [-0.05, 0) is 37.6 Å². The number of carbonyl (C=O) groups excluding carboxylic acids is 1. The molecule has 0 spiro atoms. The monoisotopic (exact) mass is 232 g/mol. The van der Waals surface area contributed by atoms with E-state index in [0.29, 0.717) is 10.9 Å². The summed E-state index contributed by atoms with van der Waals surface area (Å²) in [6.45, 7) is 0.882. The van der Waals surface area contributed by atoms with Gasteiger partial charge < -0.3 is 10.3 Å². The van der Waals surface area contributed by atoms with Crippen LogP contribution in [0.1, 0.15) is 23.2 Å². The van der Waals surface area contributed by atoms with Crippen LogP contribution in [0.4, 0.5) is 4.39 Å². The lowest BCUT2D eigenvalue weighted by molar-refractivity contribution is 0.0954. The van der Waals surface area contributed by atoms with Gasteiger partial charge in [0.2, 0.25) is 0 Å². The number of hydrogen-bond donors (Lipinski definition) is 2. The molecule has 2 aromatic rings. The van der Waals surface area contributed by atoms with Gasteiger partial charge in [-0.15, -0.1) is 0 Å². The fourth-order valence-corrected chi connectivity index (χ4v) is 2.39. The minimum absolute atomic E-state index is 0.0550. The molecule has 1 aliphatic rings. The van der Waals surface area contributed by atoms with Gasteiger partial charge in [-0.25, -0.2) is 4.39 Å². The zero-order valence-corrected chi connectivity index (χ0v) is 9.29. The van der Waals surface area contributed by atoms with Crippen LogP contribution in [0.25, 0.3) is 10.9 Å². The van der Waals surface area contributed by atoms with Gasteiger partial charge in [-0.3, -0.25) is 4.79 Å². The van der Waals surface area contributed by atoms with Crippen LogP contribution in [-0.4, -0.2) is 23.4 Å². The first-order valence-corrected chi connectivity index (χ1v) is 5.80. The number of ketones is 1. The van der Waals surface area contributed by atoms with Crippen molar-refractivity contribution in [3.63, 3.8) is 0 Å². The number of benzene rings is 1. The van der Waals surface area contributed by atoms with Crippen molar-refractivity contribution in [2.45, 2.75) is 18.9 Å². The molecule has 2 heterocycles. The minimum atomic E-state index is -0.314. The van der Waals surface area contributed by atoms with Gasteiger partial charge >= 0.3 is 0 Å². The molecule has 1 saturated heterocycles. The second kappa shape index (κ2) is 3.96. The van der Waals surface area contributed by atoms with Crippen LogP contribution in [0.5, 0.6) is 0 Å². The second-order valence-electron chi connectivity index (χ2n) is 4.41. The molecule has 1 aromatic heterocycles. The Hall–Kier alpha value is -1.68. The summed E-state index contributed by atoms with van der Waals surface area (Å²) >= 11 is 0. The highest BCUT2D eigenvalue weighted by Crippen LogP contribution is 2.22. The van der Waals surface area contributed by atoms with E-state index in [1.54, 1.807) is 12.3 Å². The highest BCUT2D eigenvalue weighted by molar-refractivity contribution is 6.10. The van der Waals surface area contributed by atoms with Crippen molar-refractivity contribution in [2.24, 2.45) is 0 Å². The lowest BCUT2D eigenvalue weighted by Gasteiger charge is -2.07. The Bertz CT molecular complexity index is 570. The zero-order chi connectivity index (χ0) is 11.8. The maximum Gasteiger partial charge on any atom is 0.181 e. The molecule has 1 fully saturated rings. The summed E-state index contributed by atoms with van der Waals surface area (Å²) < 4.78 is 13.2. The van der Waals surface area contributed by atoms with E-state index in [-0.39, 0.29) is 17.6 Å². The summed E-state index contributed by atoms with van der Waals surface area (Å²) in [6, 6.07) is 4.34. The predicted molar refractivity (Wildman–Crippen MR) is 63.6 cm³/mol. The van der Waals surface area contributed by atoms with Crippen LogP contribution in [-0.2, 0) is 0 Å². The molecular weight excluding hydrogens is 219 g/mol. The number of carbonyl (C=O) groups is 1. The third-order valence-electron chi connectivity index (χ3n) is 3.29. The van der Waals surface area contributed by atoms with Crippen molar-refractivity contribution in [2.75, 3.05) is 6.54 Å². The maximum atomic E-state index is 13.2. The van der Waals surface area contributed by atoms with E-state index in [4.69, 9.17) is 0 Å². The number of hydrogen-bond acceptors (Lipinski definition) is 2. The number of fused-ring (bicyclic) bond motifs is 1. The van der Waals surface area contributed by atoms with E-state index < -0.39 is 0 Å². The second-order valence-corrected chi connectivity index (χ2v) is 4.41. The Kier molecular flexibility index (Phi) is 2.44. The molecular formula is C13H13FN2O. The van der Waals surface area contributed by atoms with Crippen LogP contribution in [0, 0.1) is 5.82 Å². The number of halogens is 1. The normalized spacial score (nSPS) is 19.9. The number of nitrogens with one attached hydrogen (secondary N) is 2. The van der Waals surface area contributed by atoms with E-state index >= 15 is 0 Å². The minimum Gasteiger partial charge on any atom is -0.360 e. The molecule has 3 rings (SSSR count). The van der Waals surface area contributed by atoms with E-state index in [0.717, 1.165) is 24.9 Å². The van der Waals surface area contributed by atoms with Crippen molar-refractivity contribution in [3.8, 4) is 0 Å². The van der Waals surface area contributed by atoms with Gasteiger partial charge in [-0.1, -0.05) is 0 Å². The third kappa shape index (κ3) is 1.74. The molecule has 1 unspecified atom stereocenters. The number of aromatic amines is 1. The summed E-state index contributed by atoms with van der Waals surface area (Å²) in [7, 11) is 0. The quantitative estimate of drug-likeness (QED) is 0.780. The highest BCUT2D eigenvalue weighted by atomic mass is 19.1. The summed E-state index contributed by atoms with van der Waals surface area (Å²) in [5.74, 6) is -0.259. The first-order chi connectivity index (χ1) is 8.25. The molecule has 4 heteroatoms. The van der Waals surface area contributed by atoms with Crippen LogP contribution in [0.3, 0.4) is 0 Å². The van der Waals surface area contributed by atoms with Crippen LogP contribution < -0.4 is 5.32 Å². The van der Waals surface area contributed by atoms with Gasteiger partial charge in [0, 0.05) is 22.7 Å². The number of aromatic nitrogens is 1. The summed E-state index contributed by atoms with van der Waals surface area (Å²) in [4.78, 5) is 15.2. The number of rotatable bonds is 2. The molecule has 17 heavy (non-hydrogen) atoms. The fraction of sp³-hybridized carbons (Fsp3) is 0.308. The zero-order valence-electron chi connectivity index (χ0n) is 9.29. The molecule has 0 radical (unpaired) electrons. The molecule has 88 valence electrons. The average molecular weight is 232 g/mol. The van der Waals surface area contributed by atoms with E-state index in [9.17, 15) is 9.18 Å². The number of H-pyrrole nitrogens is 1. The smallest absolute Gasteiger partial charge is 0.181 e. The predicted octanol–water partition coefficient (Wildman–Crippen LogP) is 2.24. The van der Waals surface area contributed by atoms with Gasteiger partial charge in [0.05, 0.1) is 6.04 Å². The topological polar surface area (TPSA) is 44.9 Å². The Morgan fingerprint density at radius 3 is 3.06 bits per heavy atom. The Morgan fingerprint density at radius 2 is 2.29 bits per heavy atom.